The number of hydrogen-bond acceptors (Lipinski definition) is 4. The molecule has 0 saturated carbocycles. The van der Waals surface area contributed by atoms with Gasteiger partial charge in [0.2, 0.25) is 0 Å². The second kappa shape index (κ2) is 7.12. The van der Waals surface area contributed by atoms with Crippen molar-refractivity contribution < 1.29 is 4.74 Å². The summed E-state index contributed by atoms with van der Waals surface area (Å²) in [5, 5.41) is 3.72. The fourth-order valence-electron chi connectivity index (χ4n) is 3.71. The summed E-state index contributed by atoms with van der Waals surface area (Å²) >= 11 is 2.06. The van der Waals surface area contributed by atoms with Gasteiger partial charge in [-0.05, 0) is 55.5 Å². The highest BCUT2D eigenvalue weighted by molar-refractivity contribution is 7.99. The molecular formula is C17H26N2OS. The second-order valence-electron chi connectivity index (χ2n) is 6.32. The van der Waals surface area contributed by atoms with Crippen LogP contribution >= 0.6 is 11.8 Å². The highest BCUT2D eigenvalue weighted by Crippen LogP contribution is 2.41. The van der Waals surface area contributed by atoms with Crippen molar-refractivity contribution >= 4 is 11.8 Å². The number of rotatable bonds is 5. The SMILES string of the molecule is CCNC(Cc1cccnc1)C1CCOC2(CCSC2)C1. The smallest absolute Gasteiger partial charge is 0.0783 e. The van der Waals surface area contributed by atoms with Gasteiger partial charge in [-0.1, -0.05) is 13.0 Å². The molecule has 0 aromatic carbocycles. The lowest BCUT2D eigenvalue weighted by Gasteiger charge is -2.41. The first-order valence-corrected chi connectivity index (χ1v) is 9.31. The highest BCUT2D eigenvalue weighted by atomic mass is 32.2. The van der Waals surface area contributed by atoms with Crippen LogP contribution in [0.3, 0.4) is 0 Å². The summed E-state index contributed by atoms with van der Waals surface area (Å²) in [5.74, 6) is 3.17. The number of ether oxygens (including phenoxy) is 1. The molecule has 4 heteroatoms. The van der Waals surface area contributed by atoms with Gasteiger partial charge in [0, 0.05) is 30.8 Å². The molecule has 2 saturated heterocycles. The summed E-state index contributed by atoms with van der Waals surface area (Å²) in [6, 6.07) is 4.78. The van der Waals surface area contributed by atoms with E-state index < -0.39 is 0 Å². The highest BCUT2D eigenvalue weighted by Gasteiger charge is 2.42. The van der Waals surface area contributed by atoms with Crippen molar-refractivity contribution in [1.29, 1.82) is 0 Å². The summed E-state index contributed by atoms with van der Waals surface area (Å²) < 4.78 is 6.17. The van der Waals surface area contributed by atoms with Crippen LogP contribution in [-0.2, 0) is 11.2 Å². The Bertz CT molecular complexity index is 434. The molecule has 1 spiro atoms. The minimum Gasteiger partial charge on any atom is -0.374 e. The lowest BCUT2D eigenvalue weighted by atomic mass is 9.79. The van der Waals surface area contributed by atoms with Crippen LogP contribution in [0.1, 0.15) is 31.7 Å². The maximum atomic E-state index is 6.17. The molecule has 2 aliphatic heterocycles. The molecule has 3 nitrogen and oxygen atoms in total. The third-order valence-electron chi connectivity index (χ3n) is 4.81. The van der Waals surface area contributed by atoms with Crippen LogP contribution < -0.4 is 5.32 Å². The average molecular weight is 306 g/mol. The van der Waals surface area contributed by atoms with E-state index in [0.717, 1.165) is 25.5 Å². The third-order valence-corrected chi connectivity index (χ3v) is 6.03. The number of nitrogens with zero attached hydrogens (tertiary/aromatic N) is 1. The predicted molar refractivity (Wildman–Crippen MR) is 88.8 cm³/mol. The van der Waals surface area contributed by atoms with E-state index in [9.17, 15) is 0 Å². The van der Waals surface area contributed by atoms with Crippen LogP contribution in [0.25, 0.3) is 0 Å². The normalized spacial score (nSPS) is 30.6. The van der Waals surface area contributed by atoms with Crippen molar-refractivity contribution in [2.45, 2.75) is 44.2 Å². The van der Waals surface area contributed by atoms with E-state index in [-0.39, 0.29) is 5.60 Å². The molecule has 2 aliphatic rings. The molecule has 0 aliphatic carbocycles. The van der Waals surface area contributed by atoms with Gasteiger partial charge in [0.25, 0.3) is 0 Å². The number of aromatic nitrogens is 1. The summed E-state index contributed by atoms with van der Waals surface area (Å²) in [6.45, 7) is 4.17. The number of thioether (sulfide) groups is 1. The van der Waals surface area contributed by atoms with Gasteiger partial charge in [-0.3, -0.25) is 4.98 Å². The zero-order chi connectivity index (χ0) is 14.5. The maximum Gasteiger partial charge on any atom is 0.0783 e. The fraction of sp³-hybridized carbons (Fsp3) is 0.706. The fourth-order valence-corrected chi connectivity index (χ4v) is 5.09. The Balaban J connectivity index is 1.68. The van der Waals surface area contributed by atoms with Gasteiger partial charge in [-0.2, -0.15) is 11.8 Å². The Morgan fingerprint density at radius 2 is 2.52 bits per heavy atom. The van der Waals surface area contributed by atoms with Gasteiger partial charge in [-0.25, -0.2) is 0 Å². The van der Waals surface area contributed by atoms with E-state index in [1.165, 1.54) is 36.3 Å². The summed E-state index contributed by atoms with van der Waals surface area (Å²) in [6.07, 6.45) is 8.58. The van der Waals surface area contributed by atoms with Gasteiger partial charge in [0.15, 0.2) is 0 Å². The van der Waals surface area contributed by atoms with Crippen molar-refractivity contribution in [2.24, 2.45) is 5.92 Å². The molecule has 3 heterocycles. The molecule has 1 aromatic heterocycles. The Kier molecular flexibility index (Phi) is 5.19. The minimum absolute atomic E-state index is 0.177. The molecule has 116 valence electrons. The van der Waals surface area contributed by atoms with Gasteiger partial charge in [0.1, 0.15) is 0 Å². The first kappa shape index (κ1) is 15.3. The summed E-state index contributed by atoms with van der Waals surface area (Å²) in [5.41, 5.74) is 1.51. The van der Waals surface area contributed by atoms with Gasteiger partial charge in [0.05, 0.1) is 5.60 Å². The predicted octanol–water partition coefficient (Wildman–Crippen LogP) is 2.90. The van der Waals surface area contributed by atoms with Crippen LogP contribution in [0.15, 0.2) is 24.5 Å². The first-order valence-electron chi connectivity index (χ1n) is 8.15. The van der Waals surface area contributed by atoms with Crippen molar-refractivity contribution in [2.75, 3.05) is 24.7 Å². The van der Waals surface area contributed by atoms with E-state index in [1.807, 2.05) is 18.5 Å². The molecule has 3 rings (SSSR count). The number of pyridine rings is 1. The topological polar surface area (TPSA) is 34.2 Å². The molecule has 0 radical (unpaired) electrons. The van der Waals surface area contributed by atoms with Crippen LogP contribution in [0, 0.1) is 5.92 Å². The first-order chi connectivity index (χ1) is 10.3. The van der Waals surface area contributed by atoms with Gasteiger partial charge in [-0.15, -0.1) is 0 Å². The molecule has 3 atom stereocenters. The number of hydrogen-bond donors (Lipinski definition) is 1. The Labute approximate surface area is 132 Å². The van der Waals surface area contributed by atoms with E-state index in [0.29, 0.717) is 6.04 Å². The standard InChI is InChI=1S/C17H26N2OS/c1-2-19-16(10-14-4-3-7-18-12-14)15-5-8-20-17(11-15)6-9-21-13-17/h3-4,7,12,15-16,19H,2,5-6,8-11,13H2,1H3. The zero-order valence-electron chi connectivity index (χ0n) is 12.9. The average Bonchev–Trinajstić information content (AvgIpc) is 2.96. The van der Waals surface area contributed by atoms with Crippen molar-refractivity contribution in [3.8, 4) is 0 Å². The number of likely N-dealkylation sites (N-methyl/N-ethyl adjacent to an activating group) is 1. The summed E-state index contributed by atoms with van der Waals surface area (Å²) in [7, 11) is 0. The molecule has 1 aromatic rings. The van der Waals surface area contributed by atoms with Crippen molar-refractivity contribution in [3.63, 3.8) is 0 Å². The molecule has 0 amide bonds. The maximum absolute atomic E-state index is 6.17. The van der Waals surface area contributed by atoms with E-state index >= 15 is 0 Å². The monoisotopic (exact) mass is 306 g/mol. The van der Waals surface area contributed by atoms with Crippen molar-refractivity contribution in [3.05, 3.63) is 30.1 Å². The van der Waals surface area contributed by atoms with E-state index in [2.05, 4.69) is 35.1 Å². The quantitative estimate of drug-likeness (QED) is 0.907. The lowest BCUT2D eigenvalue weighted by Crippen LogP contribution is -2.47. The van der Waals surface area contributed by atoms with E-state index in [1.54, 1.807) is 0 Å². The molecule has 3 unspecified atom stereocenters. The number of nitrogens with one attached hydrogen (secondary N) is 1. The Morgan fingerprint density at radius 1 is 1.57 bits per heavy atom. The van der Waals surface area contributed by atoms with Crippen molar-refractivity contribution in [1.82, 2.24) is 10.3 Å². The van der Waals surface area contributed by atoms with Crippen LogP contribution in [-0.4, -0.2) is 41.3 Å². The molecule has 0 bridgehead atoms. The van der Waals surface area contributed by atoms with Crippen LogP contribution in [0.5, 0.6) is 0 Å². The molecule has 21 heavy (non-hydrogen) atoms. The Morgan fingerprint density at radius 3 is 3.24 bits per heavy atom. The minimum atomic E-state index is 0.177. The summed E-state index contributed by atoms with van der Waals surface area (Å²) in [4.78, 5) is 4.26. The second-order valence-corrected chi connectivity index (χ2v) is 7.42. The zero-order valence-corrected chi connectivity index (χ0v) is 13.7. The van der Waals surface area contributed by atoms with Gasteiger partial charge >= 0.3 is 0 Å². The lowest BCUT2D eigenvalue weighted by molar-refractivity contribution is -0.0850. The molecular weight excluding hydrogens is 280 g/mol. The molecule has 1 N–H and O–H groups in total. The van der Waals surface area contributed by atoms with Crippen LogP contribution in [0.4, 0.5) is 0 Å². The van der Waals surface area contributed by atoms with E-state index in [4.69, 9.17) is 4.74 Å². The Hall–Kier alpha value is -0.580. The molecule has 2 fully saturated rings. The largest absolute Gasteiger partial charge is 0.374 e. The van der Waals surface area contributed by atoms with Gasteiger partial charge < -0.3 is 10.1 Å². The third kappa shape index (κ3) is 3.79. The van der Waals surface area contributed by atoms with Crippen LogP contribution in [0.2, 0.25) is 0 Å².